The van der Waals surface area contributed by atoms with Crippen molar-refractivity contribution in [1.29, 1.82) is 0 Å². The van der Waals surface area contributed by atoms with Gasteiger partial charge in [-0.2, -0.15) is 0 Å². The SMILES string of the molecule is CNC1CCN(c2cnc(C(O)Nc3cc(F)c4nc(C)cn4c3)cn2)C1. The monoisotopic (exact) mass is 371 g/mol. The maximum Gasteiger partial charge on any atom is 0.173 e. The number of nitrogens with one attached hydrogen (secondary N) is 2. The van der Waals surface area contributed by atoms with E-state index in [0.29, 0.717) is 17.4 Å². The molecule has 0 aromatic carbocycles. The van der Waals surface area contributed by atoms with Gasteiger partial charge in [-0.25, -0.2) is 14.4 Å². The van der Waals surface area contributed by atoms with Crippen molar-refractivity contribution >= 4 is 17.2 Å². The van der Waals surface area contributed by atoms with Gasteiger partial charge in [0.1, 0.15) is 11.5 Å². The van der Waals surface area contributed by atoms with E-state index in [9.17, 15) is 9.50 Å². The van der Waals surface area contributed by atoms with E-state index in [2.05, 4.69) is 30.5 Å². The number of rotatable bonds is 5. The Labute approximate surface area is 156 Å². The fourth-order valence-corrected chi connectivity index (χ4v) is 3.33. The molecule has 9 heteroatoms. The summed E-state index contributed by atoms with van der Waals surface area (Å²) in [7, 11) is 1.95. The number of aliphatic hydroxyl groups excluding tert-OH is 1. The van der Waals surface area contributed by atoms with Crippen molar-refractivity contribution < 1.29 is 9.50 Å². The van der Waals surface area contributed by atoms with Crippen LogP contribution in [-0.2, 0) is 0 Å². The molecule has 1 aliphatic heterocycles. The number of imidazole rings is 1. The smallest absolute Gasteiger partial charge is 0.173 e. The molecule has 8 nitrogen and oxygen atoms in total. The maximum absolute atomic E-state index is 14.2. The van der Waals surface area contributed by atoms with Gasteiger partial charge in [0.05, 0.1) is 23.8 Å². The Kier molecular flexibility index (Phi) is 4.63. The summed E-state index contributed by atoms with van der Waals surface area (Å²) in [5.74, 6) is 0.319. The Morgan fingerprint density at radius 1 is 1.30 bits per heavy atom. The molecule has 3 aromatic rings. The van der Waals surface area contributed by atoms with Crippen LogP contribution in [0.25, 0.3) is 5.65 Å². The van der Waals surface area contributed by atoms with Crippen molar-refractivity contribution in [2.45, 2.75) is 25.6 Å². The van der Waals surface area contributed by atoms with E-state index in [-0.39, 0.29) is 5.65 Å². The fraction of sp³-hybridized carbons (Fsp3) is 0.389. The van der Waals surface area contributed by atoms with Gasteiger partial charge in [0.25, 0.3) is 0 Å². The minimum Gasteiger partial charge on any atom is -0.368 e. The minimum absolute atomic E-state index is 0.252. The highest BCUT2D eigenvalue weighted by atomic mass is 19.1. The van der Waals surface area contributed by atoms with E-state index < -0.39 is 12.0 Å². The van der Waals surface area contributed by atoms with Crippen LogP contribution in [0.3, 0.4) is 0 Å². The summed E-state index contributed by atoms with van der Waals surface area (Å²) in [6.07, 6.45) is 6.55. The second kappa shape index (κ2) is 7.09. The summed E-state index contributed by atoms with van der Waals surface area (Å²) in [5.41, 5.74) is 1.76. The second-order valence-electron chi connectivity index (χ2n) is 6.76. The number of anilines is 2. The first-order valence-electron chi connectivity index (χ1n) is 8.87. The van der Waals surface area contributed by atoms with Gasteiger partial charge in [-0.15, -0.1) is 0 Å². The molecule has 1 saturated heterocycles. The number of aromatic nitrogens is 4. The Bertz CT molecular complexity index is 943. The standard InChI is InChI=1S/C18H22FN7O/c1-11-8-26-10-13(5-14(19)17(26)23-11)24-18(27)15-6-22-16(7-21-15)25-4-3-12(9-25)20-2/h5-8,10,12,18,20,24,27H,3-4,9H2,1-2H3. The Morgan fingerprint density at radius 2 is 2.15 bits per heavy atom. The lowest BCUT2D eigenvalue weighted by Gasteiger charge is -2.18. The Balaban J connectivity index is 1.47. The predicted octanol–water partition coefficient (Wildman–Crippen LogP) is 1.47. The molecule has 2 unspecified atom stereocenters. The van der Waals surface area contributed by atoms with Gasteiger partial charge in [-0.05, 0) is 20.4 Å². The van der Waals surface area contributed by atoms with Crippen molar-refractivity contribution in [3.8, 4) is 0 Å². The van der Waals surface area contributed by atoms with Crippen molar-refractivity contribution in [1.82, 2.24) is 24.7 Å². The number of fused-ring (bicyclic) bond motifs is 1. The summed E-state index contributed by atoms with van der Waals surface area (Å²) in [6, 6.07) is 1.75. The highest BCUT2D eigenvalue weighted by Gasteiger charge is 2.22. The highest BCUT2D eigenvalue weighted by molar-refractivity contribution is 5.52. The zero-order chi connectivity index (χ0) is 19.0. The highest BCUT2D eigenvalue weighted by Crippen LogP contribution is 2.21. The zero-order valence-corrected chi connectivity index (χ0v) is 15.2. The quantitative estimate of drug-likeness (QED) is 0.585. The molecule has 27 heavy (non-hydrogen) atoms. The van der Waals surface area contributed by atoms with Gasteiger partial charge in [-0.1, -0.05) is 0 Å². The maximum atomic E-state index is 14.2. The molecule has 0 radical (unpaired) electrons. The van der Waals surface area contributed by atoms with Gasteiger partial charge in [0.15, 0.2) is 17.7 Å². The van der Waals surface area contributed by atoms with Crippen molar-refractivity contribution in [2.75, 3.05) is 30.4 Å². The summed E-state index contributed by atoms with van der Waals surface area (Å²) in [6.45, 7) is 3.60. The first kappa shape index (κ1) is 17.6. The molecule has 142 valence electrons. The molecule has 3 N–H and O–H groups in total. The lowest BCUT2D eigenvalue weighted by molar-refractivity contribution is 0.202. The summed E-state index contributed by atoms with van der Waals surface area (Å²) in [4.78, 5) is 15.0. The van der Waals surface area contributed by atoms with Crippen LogP contribution in [0.1, 0.15) is 24.0 Å². The topological polar surface area (TPSA) is 90.6 Å². The third-order valence-corrected chi connectivity index (χ3v) is 4.79. The number of likely N-dealkylation sites (N-methyl/N-ethyl adjacent to an activating group) is 1. The molecule has 1 fully saturated rings. The molecule has 1 aliphatic rings. The number of aliphatic hydroxyl groups is 1. The van der Waals surface area contributed by atoms with Gasteiger partial charge in [0.2, 0.25) is 0 Å². The van der Waals surface area contributed by atoms with Crippen LogP contribution in [0, 0.1) is 12.7 Å². The molecule has 2 atom stereocenters. The number of halogens is 1. The van der Waals surface area contributed by atoms with Crippen LogP contribution in [0.2, 0.25) is 0 Å². The molecule has 4 rings (SSSR count). The van der Waals surface area contributed by atoms with Crippen LogP contribution in [0.4, 0.5) is 15.9 Å². The number of hydrogen-bond donors (Lipinski definition) is 3. The van der Waals surface area contributed by atoms with E-state index in [1.807, 2.05) is 7.05 Å². The number of nitrogens with zero attached hydrogens (tertiary/aromatic N) is 5. The Morgan fingerprint density at radius 3 is 2.85 bits per heavy atom. The molecule has 0 amide bonds. The number of aryl methyl sites for hydroxylation is 1. The largest absolute Gasteiger partial charge is 0.368 e. The summed E-state index contributed by atoms with van der Waals surface area (Å²) >= 11 is 0. The van der Waals surface area contributed by atoms with Gasteiger partial charge >= 0.3 is 0 Å². The molecule has 0 spiro atoms. The van der Waals surface area contributed by atoms with Crippen LogP contribution in [-0.4, -0.2) is 50.6 Å². The molecule has 0 saturated carbocycles. The average molecular weight is 371 g/mol. The molecule has 0 aliphatic carbocycles. The van der Waals surface area contributed by atoms with Crippen molar-refractivity contribution in [3.63, 3.8) is 0 Å². The van der Waals surface area contributed by atoms with E-state index in [1.54, 1.807) is 29.9 Å². The number of hydrogen-bond acceptors (Lipinski definition) is 7. The second-order valence-corrected chi connectivity index (χ2v) is 6.76. The van der Waals surface area contributed by atoms with Crippen LogP contribution in [0.15, 0.2) is 30.9 Å². The molecule has 4 heterocycles. The van der Waals surface area contributed by atoms with Crippen LogP contribution in [0.5, 0.6) is 0 Å². The zero-order valence-electron chi connectivity index (χ0n) is 15.2. The lowest BCUT2D eigenvalue weighted by atomic mass is 10.3. The van der Waals surface area contributed by atoms with Gasteiger partial charge < -0.3 is 25.0 Å². The normalized spacial score (nSPS) is 18.2. The third-order valence-electron chi connectivity index (χ3n) is 4.79. The van der Waals surface area contributed by atoms with Gasteiger partial charge in [0, 0.05) is 37.6 Å². The molecule has 3 aromatic heterocycles. The van der Waals surface area contributed by atoms with E-state index in [1.165, 1.54) is 12.3 Å². The first-order valence-corrected chi connectivity index (χ1v) is 8.87. The van der Waals surface area contributed by atoms with Gasteiger partial charge in [-0.3, -0.25) is 4.98 Å². The summed E-state index contributed by atoms with van der Waals surface area (Å²) < 4.78 is 15.7. The van der Waals surface area contributed by atoms with Crippen LogP contribution < -0.4 is 15.5 Å². The van der Waals surface area contributed by atoms with Crippen molar-refractivity contribution in [3.05, 3.63) is 48.1 Å². The summed E-state index contributed by atoms with van der Waals surface area (Å²) in [5, 5.41) is 16.5. The van der Waals surface area contributed by atoms with E-state index in [4.69, 9.17) is 0 Å². The molecular weight excluding hydrogens is 349 g/mol. The predicted molar refractivity (Wildman–Crippen MR) is 100 cm³/mol. The minimum atomic E-state index is -1.10. The van der Waals surface area contributed by atoms with Crippen LogP contribution >= 0.6 is 0 Å². The molecule has 0 bridgehead atoms. The van der Waals surface area contributed by atoms with E-state index in [0.717, 1.165) is 31.0 Å². The third kappa shape index (κ3) is 3.56. The number of pyridine rings is 1. The fourth-order valence-electron chi connectivity index (χ4n) is 3.33. The van der Waals surface area contributed by atoms with E-state index >= 15 is 0 Å². The van der Waals surface area contributed by atoms with Crippen molar-refractivity contribution in [2.24, 2.45) is 0 Å². The molecular formula is C18H22FN7O. The Hall–Kier alpha value is -2.78. The first-order chi connectivity index (χ1) is 13.0. The average Bonchev–Trinajstić information content (AvgIpc) is 3.28. The lowest BCUT2D eigenvalue weighted by Crippen LogP contribution is -2.30.